The molecule has 3 aromatic carbocycles. The van der Waals surface area contributed by atoms with Crippen LogP contribution in [0, 0.1) is 32.1 Å². The number of H-pyrrole nitrogens is 6. The van der Waals surface area contributed by atoms with Gasteiger partial charge in [0.1, 0.15) is 0 Å². The standard InChI is InChI=1S/3C14H14N2OS/c3*17-13-10(7-11-8-15-14(18)16-11)6-5-9-3-1-2-4-12(9)13/h3*1-4,8,10H,5-7H2,(H2,15,16,18). The van der Waals surface area contributed by atoms with Crippen LogP contribution in [0.1, 0.15) is 84.1 Å². The molecular weight excluding hydrogens is 733 g/mol. The van der Waals surface area contributed by atoms with Crippen molar-refractivity contribution >= 4 is 54.0 Å². The average Bonchev–Trinajstić information content (AvgIpc) is 3.93. The van der Waals surface area contributed by atoms with Crippen LogP contribution in [0.3, 0.4) is 0 Å². The normalized spacial score (nSPS) is 18.7. The quantitative estimate of drug-likeness (QED) is 0.0931. The van der Waals surface area contributed by atoms with Crippen molar-refractivity contribution in [2.24, 2.45) is 17.8 Å². The van der Waals surface area contributed by atoms with Gasteiger partial charge in [0.25, 0.3) is 0 Å². The predicted molar refractivity (Wildman–Crippen MR) is 217 cm³/mol. The van der Waals surface area contributed by atoms with Crippen molar-refractivity contribution in [2.45, 2.75) is 57.8 Å². The molecule has 0 spiro atoms. The summed E-state index contributed by atoms with van der Waals surface area (Å²) in [5.74, 6) is 0.996. The molecule has 0 amide bonds. The lowest BCUT2D eigenvalue weighted by atomic mass is 9.81. The number of aromatic nitrogens is 6. The van der Waals surface area contributed by atoms with Gasteiger partial charge in [-0.15, -0.1) is 0 Å². The largest absolute Gasteiger partial charge is 0.337 e. The number of hydrogen-bond acceptors (Lipinski definition) is 6. The van der Waals surface area contributed by atoms with Gasteiger partial charge in [0.05, 0.1) is 0 Å². The van der Waals surface area contributed by atoms with Crippen LogP contribution < -0.4 is 0 Å². The second-order valence-corrected chi connectivity index (χ2v) is 15.4. The highest BCUT2D eigenvalue weighted by atomic mass is 32.1. The van der Waals surface area contributed by atoms with Gasteiger partial charge < -0.3 is 29.9 Å². The van der Waals surface area contributed by atoms with Gasteiger partial charge in [0.2, 0.25) is 0 Å². The lowest BCUT2D eigenvalue weighted by Gasteiger charge is -2.22. The van der Waals surface area contributed by atoms with E-state index < -0.39 is 0 Å². The Morgan fingerprint density at radius 1 is 0.444 bits per heavy atom. The summed E-state index contributed by atoms with van der Waals surface area (Å²) < 4.78 is 1.86. The maximum atomic E-state index is 12.4. The van der Waals surface area contributed by atoms with Crippen LogP contribution >= 0.6 is 36.7 Å². The van der Waals surface area contributed by atoms with Crippen LogP contribution in [-0.2, 0) is 38.5 Å². The van der Waals surface area contributed by atoms with E-state index in [1.165, 1.54) is 16.7 Å². The van der Waals surface area contributed by atoms with Gasteiger partial charge in [0, 0.05) is 70.1 Å². The molecule has 276 valence electrons. The third kappa shape index (κ3) is 8.83. The van der Waals surface area contributed by atoms with Crippen molar-refractivity contribution in [3.05, 3.63) is 156 Å². The molecule has 3 unspecified atom stereocenters. The highest BCUT2D eigenvalue weighted by Crippen LogP contribution is 2.30. The summed E-state index contributed by atoms with van der Waals surface area (Å²) >= 11 is 15.0. The van der Waals surface area contributed by atoms with E-state index in [9.17, 15) is 14.4 Å². The number of ketones is 3. The number of carbonyl (C=O) groups excluding carboxylic acids is 3. The highest BCUT2D eigenvalue weighted by molar-refractivity contribution is 7.71. The van der Waals surface area contributed by atoms with E-state index in [-0.39, 0.29) is 35.1 Å². The number of Topliss-reactive ketones (excluding diaryl/α,β-unsaturated/α-hetero) is 3. The van der Waals surface area contributed by atoms with Crippen LogP contribution in [-0.4, -0.2) is 47.3 Å². The van der Waals surface area contributed by atoms with E-state index in [0.717, 1.165) is 91.6 Å². The molecule has 0 aliphatic heterocycles. The lowest BCUT2D eigenvalue weighted by Crippen LogP contribution is -2.24. The second kappa shape index (κ2) is 17.0. The van der Waals surface area contributed by atoms with Crippen LogP contribution in [0.5, 0.6) is 0 Å². The molecule has 3 aromatic heterocycles. The molecule has 3 aliphatic rings. The molecule has 3 aliphatic carbocycles. The summed E-state index contributed by atoms with van der Waals surface area (Å²) in [5, 5.41) is 0. The molecule has 9 rings (SSSR count). The van der Waals surface area contributed by atoms with Crippen LogP contribution in [0.4, 0.5) is 0 Å². The number of fused-ring (bicyclic) bond motifs is 3. The van der Waals surface area contributed by atoms with Gasteiger partial charge >= 0.3 is 0 Å². The fraction of sp³-hybridized carbons (Fsp3) is 0.286. The highest BCUT2D eigenvalue weighted by Gasteiger charge is 2.29. The Morgan fingerprint density at radius 2 is 0.722 bits per heavy atom. The van der Waals surface area contributed by atoms with E-state index in [1.54, 1.807) is 0 Å². The Balaban J connectivity index is 0.000000125. The number of aromatic amines is 6. The second-order valence-electron chi connectivity index (χ2n) is 14.2. The van der Waals surface area contributed by atoms with E-state index in [4.69, 9.17) is 36.7 Å². The molecule has 0 saturated carbocycles. The lowest BCUT2D eigenvalue weighted by molar-refractivity contribution is 0.0893. The van der Waals surface area contributed by atoms with Crippen molar-refractivity contribution in [1.82, 2.24) is 29.9 Å². The summed E-state index contributed by atoms with van der Waals surface area (Å²) in [6, 6.07) is 23.7. The summed E-state index contributed by atoms with van der Waals surface area (Å²) in [6.07, 6.45) is 13.5. The van der Waals surface area contributed by atoms with Gasteiger partial charge in [0.15, 0.2) is 31.7 Å². The number of benzene rings is 3. The molecule has 54 heavy (non-hydrogen) atoms. The van der Waals surface area contributed by atoms with Crippen LogP contribution in [0.2, 0.25) is 0 Å². The number of aryl methyl sites for hydroxylation is 3. The third-order valence-corrected chi connectivity index (χ3v) is 11.3. The first kappa shape index (κ1) is 37.3. The van der Waals surface area contributed by atoms with Crippen LogP contribution in [0.15, 0.2) is 91.4 Å². The molecule has 9 nitrogen and oxygen atoms in total. The maximum Gasteiger partial charge on any atom is 0.174 e. The number of nitrogens with one attached hydrogen (secondary N) is 6. The Kier molecular flexibility index (Phi) is 11.7. The molecule has 3 atom stereocenters. The Bertz CT molecular complexity index is 2190. The smallest absolute Gasteiger partial charge is 0.174 e. The van der Waals surface area contributed by atoms with Gasteiger partial charge in [-0.2, -0.15) is 0 Å². The molecule has 3 heterocycles. The van der Waals surface area contributed by atoms with E-state index in [0.29, 0.717) is 14.3 Å². The zero-order valence-corrected chi connectivity index (χ0v) is 32.2. The minimum Gasteiger partial charge on any atom is -0.337 e. The van der Waals surface area contributed by atoms with Crippen LogP contribution in [0.25, 0.3) is 0 Å². The number of rotatable bonds is 6. The summed E-state index contributed by atoms with van der Waals surface area (Å²) in [4.78, 5) is 55.2. The van der Waals surface area contributed by atoms with Gasteiger partial charge in [-0.25, -0.2) is 0 Å². The van der Waals surface area contributed by atoms with E-state index in [2.05, 4.69) is 29.9 Å². The number of hydrogen-bond donors (Lipinski definition) is 6. The average molecular weight is 775 g/mol. The number of carbonyl (C=O) groups is 3. The Hall–Kier alpha value is -5.04. The number of imidazole rings is 3. The summed E-state index contributed by atoms with van der Waals surface area (Å²) in [5.41, 5.74) is 9.25. The Labute approximate surface area is 328 Å². The predicted octanol–water partition coefficient (Wildman–Crippen LogP) is 9.18. The molecular formula is C42H42N6O3S3. The zero-order valence-electron chi connectivity index (χ0n) is 29.7. The first-order valence-electron chi connectivity index (χ1n) is 18.4. The molecule has 6 N–H and O–H groups in total. The van der Waals surface area contributed by atoms with Crippen molar-refractivity contribution in [3.63, 3.8) is 0 Å². The maximum absolute atomic E-state index is 12.4. The third-order valence-electron chi connectivity index (χ3n) is 10.6. The van der Waals surface area contributed by atoms with Crippen molar-refractivity contribution in [2.75, 3.05) is 0 Å². The molecule has 12 heteroatoms. The molecule has 0 radical (unpaired) electrons. The summed E-state index contributed by atoms with van der Waals surface area (Å²) in [7, 11) is 0. The van der Waals surface area contributed by atoms with Crippen molar-refractivity contribution in [3.8, 4) is 0 Å². The minimum atomic E-state index is 0.0707. The van der Waals surface area contributed by atoms with Crippen molar-refractivity contribution in [1.29, 1.82) is 0 Å². The van der Waals surface area contributed by atoms with E-state index >= 15 is 0 Å². The SMILES string of the molecule is O=C1c2ccccc2CCC1Cc1c[nH]c(=S)[nH]1.O=C1c2ccccc2CCC1Cc1c[nH]c(=S)[nH]1.O=C1c2ccccc2CCC1Cc1c[nH]c(=S)[nH]1. The first-order valence-corrected chi connectivity index (χ1v) is 19.6. The fourth-order valence-electron chi connectivity index (χ4n) is 7.80. The van der Waals surface area contributed by atoms with Crippen molar-refractivity contribution < 1.29 is 14.4 Å². The topological polar surface area (TPSA) is 146 Å². The Morgan fingerprint density at radius 3 is 0.981 bits per heavy atom. The van der Waals surface area contributed by atoms with Gasteiger partial charge in [-0.05, 0) is 111 Å². The molecule has 0 saturated heterocycles. The summed E-state index contributed by atoms with van der Waals surface area (Å²) in [6.45, 7) is 0. The fourth-order valence-corrected chi connectivity index (χ4v) is 8.37. The van der Waals surface area contributed by atoms with E-state index in [1.807, 2.05) is 91.4 Å². The molecule has 6 aromatic rings. The minimum absolute atomic E-state index is 0.0707. The van der Waals surface area contributed by atoms with Gasteiger partial charge in [-0.1, -0.05) is 72.8 Å². The van der Waals surface area contributed by atoms with Gasteiger partial charge in [-0.3, -0.25) is 14.4 Å². The molecule has 0 bridgehead atoms. The monoisotopic (exact) mass is 774 g/mol. The first-order chi connectivity index (χ1) is 26.2. The molecule has 0 fully saturated rings. The zero-order chi connectivity index (χ0) is 37.6.